The fourth-order valence-electron chi connectivity index (χ4n) is 5.19. The number of nitrogens with one attached hydrogen (secondary N) is 1. The molecule has 2 saturated carbocycles. The summed E-state index contributed by atoms with van der Waals surface area (Å²) in [5, 5.41) is 0.00947. The highest BCUT2D eigenvalue weighted by molar-refractivity contribution is 6.03. The van der Waals surface area contributed by atoms with Crippen molar-refractivity contribution in [2.75, 3.05) is 0 Å². The van der Waals surface area contributed by atoms with E-state index in [0.29, 0.717) is 17.0 Å². The van der Waals surface area contributed by atoms with Gasteiger partial charge >= 0.3 is 6.18 Å². The second kappa shape index (κ2) is 8.59. The lowest BCUT2D eigenvalue weighted by atomic mass is 9.78. The van der Waals surface area contributed by atoms with Gasteiger partial charge in [0.15, 0.2) is 5.43 Å². The molecule has 2 fully saturated rings. The van der Waals surface area contributed by atoms with Gasteiger partial charge in [-0.15, -0.1) is 0 Å². The number of amides is 1. The fourth-order valence-corrected chi connectivity index (χ4v) is 5.19. The van der Waals surface area contributed by atoms with E-state index in [1.54, 1.807) is 0 Å². The van der Waals surface area contributed by atoms with Crippen molar-refractivity contribution >= 4 is 16.8 Å². The zero-order chi connectivity index (χ0) is 25.8. The number of carbonyl (C=O) groups excluding carboxylic acids is 1. The minimum absolute atomic E-state index is 0.00947. The van der Waals surface area contributed by atoms with Gasteiger partial charge in [0.2, 0.25) is 5.92 Å². The molecule has 0 radical (unpaired) electrons. The van der Waals surface area contributed by atoms with Crippen LogP contribution in [0.4, 0.5) is 22.0 Å². The third-order valence-corrected chi connectivity index (χ3v) is 7.13. The largest absolute Gasteiger partial charge is 0.391 e. The number of primary amides is 1. The molecular weight excluding hydrogens is 485 g/mol. The summed E-state index contributed by atoms with van der Waals surface area (Å²) in [7, 11) is 0. The molecule has 3 N–H and O–H groups in total. The van der Waals surface area contributed by atoms with Gasteiger partial charge in [-0.2, -0.15) is 13.2 Å². The number of fused-ring (bicyclic) bond motifs is 1. The summed E-state index contributed by atoms with van der Waals surface area (Å²) < 4.78 is 66.6. The number of rotatable bonds is 4. The quantitative estimate of drug-likeness (QED) is 0.491. The molecule has 0 aliphatic heterocycles. The second-order valence-electron chi connectivity index (χ2n) is 9.57. The van der Waals surface area contributed by atoms with Gasteiger partial charge in [0.25, 0.3) is 5.91 Å². The summed E-state index contributed by atoms with van der Waals surface area (Å²) in [6, 6.07) is 2.73. The number of aromatic amines is 1. The number of carbonyl (C=O) groups is 1. The summed E-state index contributed by atoms with van der Waals surface area (Å²) in [4.78, 5) is 40.4. The van der Waals surface area contributed by atoms with Crippen molar-refractivity contribution in [3.8, 4) is 11.3 Å². The molecule has 2 aliphatic carbocycles. The minimum atomic E-state index is -4.28. The van der Waals surface area contributed by atoms with E-state index >= 15 is 0 Å². The predicted octanol–water partition coefficient (Wildman–Crippen LogP) is 4.83. The van der Waals surface area contributed by atoms with Crippen molar-refractivity contribution in [1.29, 1.82) is 0 Å². The van der Waals surface area contributed by atoms with Crippen LogP contribution >= 0.6 is 0 Å². The maximum atomic E-state index is 13.5. The number of hydrogen-bond acceptors (Lipinski definition) is 5. The molecule has 0 spiro atoms. The monoisotopic (exact) mass is 507 g/mol. The predicted molar refractivity (Wildman–Crippen MR) is 120 cm³/mol. The smallest absolute Gasteiger partial charge is 0.364 e. The summed E-state index contributed by atoms with van der Waals surface area (Å²) in [6.45, 7) is 0. The van der Waals surface area contributed by atoms with E-state index in [2.05, 4.69) is 19.9 Å². The molecule has 0 bridgehead atoms. The van der Waals surface area contributed by atoms with Crippen molar-refractivity contribution in [2.24, 2.45) is 11.7 Å². The number of alkyl halides is 5. The number of pyridine rings is 2. The van der Waals surface area contributed by atoms with E-state index < -0.39 is 35.3 Å². The first-order valence-electron chi connectivity index (χ1n) is 11.6. The first kappa shape index (κ1) is 24.3. The maximum Gasteiger partial charge on any atom is 0.391 e. The van der Waals surface area contributed by atoms with Crippen molar-refractivity contribution < 1.29 is 26.7 Å². The van der Waals surface area contributed by atoms with Gasteiger partial charge in [-0.05, 0) is 31.7 Å². The molecule has 1 amide bonds. The number of halogens is 5. The Morgan fingerprint density at radius 2 is 1.78 bits per heavy atom. The van der Waals surface area contributed by atoms with Crippen molar-refractivity contribution in [1.82, 2.24) is 19.9 Å². The van der Waals surface area contributed by atoms with Crippen LogP contribution in [0.15, 0.2) is 29.3 Å². The molecule has 7 nitrogen and oxygen atoms in total. The molecule has 36 heavy (non-hydrogen) atoms. The third kappa shape index (κ3) is 4.44. The van der Waals surface area contributed by atoms with E-state index in [1.807, 2.05) is 0 Å². The maximum absolute atomic E-state index is 13.5. The Hall–Kier alpha value is -3.44. The normalized spacial score (nSPS) is 22.4. The topological polar surface area (TPSA) is 115 Å². The van der Waals surface area contributed by atoms with Crippen molar-refractivity contribution in [3.05, 3.63) is 52.0 Å². The van der Waals surface area contributed by atoms with Crippen LogP contribution in [0.1, 0.15) is 72.4 Å². The molecule has 190 valence electrons. The van der Waals surface area contributed by atoms with Gasteiger partial charge in [0.05, 0.1) is 28.2 Å². The molecule has 12 heteroatoms. The average Bonchev–Trinajstić information content (AvgIpc) is 2.81. The van der Waals surface area contributed by atoms with E-state index in [9.17, 15) is 31.5 Å². The minimum Gasteiger partial charge on any atom is -0.364 e. The van der Waals surface area contributed by atoms with Crippen LogP contribution in [-0.4, -0.2) is 37.9 Å². The Balaban J connectivity index is 1.58. The molecule has 2 aliphatic rings. The average molecular weight is 507 g/mol. The number of nitrogens with zero attached hydrogens (tertiary/aromatic N) is 3. The van der Waals surface area contributed by atoms with E-state index in [0.717, 1.165) is 0 Å². The highest BCUT2D eigenvalue weighted by Gasteiger charge is 2.48. The van der Waals surface area contributed by atoms with Crippen LogP contribution in [0.3, 0.4) is 0 Å². The zero-order valence-corrected chi connectivity index (χ0v) is 18.9. The Morgan fingerprint density at radius 1 is 1.08 bits per heavy atom. The third-order valence-electron chi connectivity index (χ3n) is 7.13. The van der Waals surface area contributed by atoms with Gasteiger partial charge < -0.3 is 10.7 Å². The van der Waals surface area contributed by atoms with Crippen LogP contribution in [0.25, 0.3) is 22.2 Å². The van der Waals surface area contributed by atoms with Gasteiger partial charge in [-0.25, -0.2) is 18.7 Å². The van der Waals surface area contributed by atoms with Crippen molar-refractivity contribution in [3.63, 3.8) is 0 Å². The summed E-state index contributed by atoms with van der Waals surface area (Å²) in [6.07, 6.45) is -2.03. The first-order valence-corrected chi connectivity index (χ1v) is 11.6. The molecule has 0 saturated heterocycles. The Bertz CT molecular complexity index is 1390. The number of aromatic nitrogens is 4. The lowest BCUT2D eigenvalue weighted by molar-refractivity contribution is -0.182. The van der Waals surface area contributed by atoms with Crippen LogP contribution in [0, 0.1) is 5.92 Å². The summed E-state index contributed by atoms with van der Waals surface area (Å²) in [5.74, 6) is -5.73. The zero-order valence-electron chi connectivity index (χ0n) is 18.9. The van der Waals surface area contributed by atoms with Crippen LogP contribution in [0.5, 0.6) is 0 Å². The lowest BCUT2D eigenvalue weighted by Gasteiger charge is -2.35. The number of H-pyrrole nitrogens is 1. The van der Waals surface area contributed by atoms with Gasteiger partial charge in [-0.3, -0.25) is 14.6 Å². The second-order valence-corrected chi connectivity index (χ2v) is 9.57. The van der Waals surface area contributed by atoms with Crippen molar-refractivity contribution in [2.45, 2.75) is 62.5 Å². The molecule has 0 atom stereocenters. The molecule has 3 aromatic heterocycles. The first-order chi connectivity index (χ1) is 16.9. The molecular formula is C24H22F5N5O2. The standard InChI is InChI=1S/C24H22F5N5O2/c25-23(26)8-12(9-23)22-32-10-14(19(34-22)11-1-3-13(4-2-11)24(27,28)29)16-7-17(35)18-15(33-16)5-6-31-20(18)21(30)36/h5-7,10-13H,1-4,8-9H2,(H2,30,36)(H,33,35)/t11-,13+. The fraction of sp³-hybridized carbons (Fsp3) is 0.458. The van der Waals surface area contributed by atoms with Gasteiger partial charge in [-0.1, -0.05) is 0 Å². The molecule has 3 aromatic rings. The molecule has 5 rings (SSSR count). The van der Waals surface area contributed by atoms with Crippen LogP contribution < -0.4 is 11.2 Å². The Morgan fingerprint density at radius 3 is 2.39 bits per heavy atom. The van der Waals surface area contributed by atoms with E-state index in [4.69, 9.17) is 5.73 Å². The molecule has 0 unspecified atom stereocenters. The lowest BCUT2D eigenvalue weighted by Crippen LogP contribution is -2.35. The summed E-state index contributed by atoms with van der Waals surface area (Å²) >= 11 is 0. The Labute approximate surface area is 201 Å². The SMILES string of the molecule is NC(=O)c1nccc2[nH]c(-c3cnc(C4CC(F)(F)C4)nc3[C@H]3CC[C@@H](C(F)(F)F)CC3)cc(=O)c12. The summed E-state index contributed by atoms with van der Waals surface area (Å²) in [5.41, 5.74) is 6.02. The van der Waals surface area contributed by atoms with Crippen LogP contribution in [0.2, 0.25) is 0 Å². The van der Waals surface area contributed by atoms with Crippen LogP contribution in [-0.2, 0) is 0 Å². The number of hydrogen-bond donors (Lipinski definition) is 2. The highest BCUT2D eigenvalue weighted by Crippen LogP contribution is 2.48. The molecule has 3 heterocycles. The van der Waals surface area contributed by atoms with Gasteiger partial charge in [0.1, 0.15) is 11.5 Å². The van der Waals surface area contributed by atoms with E-state index in [1.165, 1.54) is 24.5 Å². The molecule has 0 aromatic carbocycles. The van der Waals surface area contributed by atoms with E-state index in [-0.39, 0.29) is 66.9 Å². The highest BCUT2D eigenvalue weighted by atomic mass is 19.4. The number of nitrogens with two attached hydrogens (primary N) is 1. The Kier molecular flexibility index (Phi) is 5.79. The van der Waals surface area contributed by atoms with Gasteiger partial charge in [0, 0.05) is 48.7 Å².